The molecule has 0 atom stereocenters. The minimum Gasteiger partial charge on any atom is -0.396 e. The van der Waals surface area contributed by atoms with Crippen LogP contribution in [0.2, 0.25) is 5.28 Å². The molecule has 1 fully saturated rings. The lowest BCUT2D eigenvalue weighted by atomic mass is 10.3. The minimum absolute atomic E-state index is 0.140. The van der Waals surface area contributed by atoms with Crippen LogP contribution in [0.3, 0.4) is 0 Å². The Bertz CT molecular complexity index is 584. The van der Waals surface area contributed by atoms with E-state index in [2.05, 4.69) is 14.9 Å². The molecule has 3 heterocycles. The first kappa shape index (κ1) is 13.1. The van der Waals surface area contributed by atoms with Crippen molar-refractivity contribution in [2.75, 3.05) is 37.8 Å². The van der Waals surface area contributed by atoms with Crippen molar-refractivity contribution in [2.24, 2.45) is 0 Å². The van der Waals surface area contributed by atoms with Crippen LogP contribution in [0.25, 0.3) is 10.2 Å². The summed E-state index contributed by atoms with van der Waals surface area (Å²) < 4.78 is 6.40. The second-order valence-corrected chi connectivity index (χ2v) is 5.79. The van der Waals surface area contributed by atoms with Gasteiger partial charge in [-0.3, -0.25) is 0 Å². The summed E-state index contributed by atoms with van der Waals surface area (Å²) in [5.74, 6) is 0.882. The largest absolute Gasteiger partial charge is 0.396 e. The third-order valence-electron chi connectivity index (χ3n) is 3.05. The van der Waals surface area contributed by atoms with Crippen LogP contribution in [0.5, 0.6) is 0 Å². The number of halogens is 1. The maximum absolute atomic E-state index is 9.04. The van der Waals surface area contributed by atoms with Gasteiger partial charge in [-0.2, -0.15) is 4.98 Å². The van der Waals surface area contributed by atoms with Crippen molar-refractivity contribution in [3.63, 3.8) is 0 Å². The van der Waals surface area contributed by atoms with Crippen molar-refractivity contribution >= 4 is 39.0 Å². The predicted octanol–water partition coefficient (Wildman–Crippen LogP) is 1.72. The summed E-state index contributed by atoms with van der Waals surface area (Å²) in [4.78, 5) is 11.9. The number of thiophene rings is 1. The number of aliphatic hydroxyl groups is 1. The van der Waals surface area contributed by atoms with Gasteiger partial charge in [-0.15, -0.1) is 11.3 Å². The number of fused-ring (bicyclic) bond motifs is 1. The molecule has 0 saturated carbocycles. The van der Waals surface area contributed by atoms with Crippen molar-refractivity contribution in [3.8, 4) is 0 Å². The van der Waals surface area contributed by atoms with Gasteiger partial charge in [0, 0.05) is 31.0 Å². The van der Waals surface area contributed by atoms with Gasteiger partial charge in [0.1, 0.15) is 0 Å². The first-order valence-electron chi connectivity index (χ1n) is 6.17. The van der Waals surface area contributed by atoms with Gasteiger partial charge in [-0.05, 0) is 17.7 Å². The Kier molecular flexibility index (Phi) is 3.83. The molecule has 0 unspecified atom stereocenters. The Morgan fingerprint density at radius 3 is 2.89 bits per heavy atom. The lowest BCUT2D eigenvalue weighted by Gasteiger charge is -2.28. The molecule has 0 aromatic carbocycles. The number of morpholine rings is 1. The third kappa shape index (κ3) is 2.67. The molecule has 0 amide bonds. The normalized spacial score (nSPS) is 16.2. The summed E-state index contributed by atoms with van der Waals surface area (Å²) >= 11 is 7.63. The first-order valence-corrected chi connectivity index (χ1v) is 7.37. The van der Waals surface area contributed by atoms with Gasteiger partial charge in [0.15, 0.2) is 5.82 Å². The standard InChI is InChI=1S/C12H14ClN3O2S/c13-12-14-9-7-8(1-4-17)19-10(9)11(15-12)16-2-5-18-6-3-16/h7,17H,1-6H2. The van der Waals surface area contributed by atoms with E-state index >= 15 is 0 Å². The molecule has 2 aromatic heterocycles. The number of hydrogen-bond donors (Lipinski definition) is 1. The highest BCUT2D eigenvalue weighted by molar-refractivity contribution is 7.19. The van der Waals surface area contributed by atoms with Crippen LogP contribution >= 0.6 is 22.9 Å². The van der Waals surface area contributed by atoms with Crippen molar-refractivity contribution < 1.29 is 9.84 Å². The number of nitrogens with zero attached hydrogens (tertiary/aromatic N) is 3. The average Bonchev–Trinajstić information content (AvgIpc) is 2.81. The molecule has 0 spiro atoms. The fourth-order valence-corrected chi connectivity index (χ4v) is 3.43. The molecule has 102 valence electrons. The SMILES string of the molecule is OCCc1cc2nc(Cl)nc(N3CCOCC3)c2s1. The summed E-state index contributed by atoms with van der Waals surface area (Å²) in [7, 11) is 0. The molecule has 19 heavy (non-hydrogen) atoms. The Morgan fingerprint density at radius 2 is 2.16 bits per heavy atom. The number of aliphatic hydroxyl groups excluding tert-OH is 1. The van der Waals surface area contributed by atoms with Gasteiger partial charge in [-0.25, -0.2) is 4.98 Å². The molecule has 7 heteroatoms. The number of ether oxygens (including phenoxy) is 1. The summed E-state index contributed by atoms with van der Waals surface area (Å²) in [5, 5.41) is 9.30. The second kappa shape index (κ2) is 5.58. The van der Waals surface area contributed by atoms with E-state index < -0.39 is 0 Å². The van der Waals surface area contributed by atoms with E-state index in [1.807, 2.05) is 6.07 Å². The van der Waals surface area contributed by atoms with Crippen LogP contribution < -0.4 is 4.90 Å². The Balaban J connectivity index is 2.05. The van der Waals surface area contributed by atoms with Gasteiger partial charge in [0.05, 0.1) is 23.4 Å². The summed E-state index contributed by atoms with van der Waals surface area (Å²) in [6.45, 7) is 3.18. The Morgan fingerprint density at radius 1 is 1.37 bits per heavy atom. The van der Waals surface area contributed by atoms with E-state index in [0.717, 1.165) is 34.0 Å². The van der Waals surface area contributed by atoms with Crippen LogP contribution in [0.15, 0.2) is 6.07 Å². The van der Waals surface area contributed by atoms with Gasteiger partial charge in [0.2, 0.25) is 5.28 Å². The maximum atomic E-state index is 9.04. The molecule has 3 rings (SSSR count). The van der Waals surface area contributed by atoms with Gasteiger partial charge in [-0.1, -0.05) is 0 Å². The Hall–Kier alpha value is -0.950. The predicted molar refractivity (Wildman–Crippen MR) is 76.2 cm³/mol. The highest BCUT2D eigenvalue weighted by Crippen LogP contribution is 2.33. The van der Waals surface area contributed by atoms with Crippen LogP contribution in [0.4, 0.5) is 5.82 Å². The second-order valence-electron chi connectivity index (χ2n) is 4.32. The molecule has 0 radical (unpaired) electrons. The number of hydrogen-bond acceptors (Lipinski definition) is 6. The molecule has 5 nitrogen and oxygen atoms in total. The molecule has 1 aliphatic rings. The van der Waals surface area contributed by atoms with E-state index in [1.54, 1.807) is 11.3 Å². The highest BCUT2D eigenvalue weighted by Gasteiger charge is 2.18. The summed E-state index contributed by atoms with van der Waals surface area (Å²) in [6, 6.07) is 1.98. The average molecular weight is 300 g/mol. The molecule has 0 bridgehead atoms. The lowest BCUT2D eigenvalue weighted by Crippen LogP contribution is -2.36. The lowest BCUT2D eigenvalue weighted by molar-refractivity contribution is 0.122. The molecular formula is C12H14ClN3O2S. The van der Waals surface area contributed by atoms with Gasteiger partial charge in [0.25, 0.3) is 0 Å². The van der Waals surface area contributed by atoms with E-state index in [1.165, 1.54) is 0 Å². The monoisotopic (exact) mass is 299 g/mol. The Labute approximate surface area is 119 Å². The molecule has 0 aliphatic carbocycles. The van der Waals surface area contributed by atoms with Crippen LogP contribution in [-0.2, 0) is 11.2 Å². The number of rotatable bonds is 3. The quantitative estimate of drug-likeness (QED) is 0.875. The fourth-order valence-electron chi connectivity index (χ4n) is 2.16. The molecule has 1 saturated heterocycles. The van der Waals surface area contributed by atoms with E-state index in [0.29, 0.717) is 19.6 Å². The van der Waals surface area contributed by atoms with Crippen LogP contribution in [0, 0.1) is 0 Å². The van der Waals surface area contributed by atoms with Crippen molar-refractivity contribution in [2.45, 2.75) is 6.42 Å². The zero-order chi connectivity index (χ0) is 13.2. The van der Waals surface area contributed by atoms with E-state index in [9.17, 15) is 0 Å². The fraction of sp³-hybridized carbons (Fsp3) is 0.500. The zero-order valence-electron chi connectivity index (χ0n) is 10.3. The van der Waals surface area contributed by atoms with Crippen molar-refractivity contribution in [1.29, 1.82) is 0 Å². The minimum atomic E-state index is 0.140. The van der Waals surface area contributed by atoms with Gasteiger partial charge < -0.3 is 14.7 Å². The molecule has 1 N–H and O–H groups in total. The number of anilines is 1. The summed E-state index contributed by atoms with van der Waals surface area (Å²) in [5.41, 5.74) is 0.856. The number of aromatic nitrogens is 2. The van der Waals surface area contributed by atoms with Crippen LogP contribution in [-0.4, -0.2) is 48.0 Å². The topological polar surface area (TPSA) is 58.5 Å². The first-order chi connectivity index (χ1) is 9.28. The van der Waals surface area contributed by atoms with Crippen LogP contribution in [0.1, 0.15) is 4.88 Å². The smallest absolute Gasteiger partial charge is 0.224 e. The zero-order valence-corrected chi connectivity index (χ0v) is 11.9. The third-order valence-corrected chi connectivity index (χ3v) is 4.40. The molecule has 1 aliphatic heterocycles. The molecular weight excluding hydrogens is 286 g/mol. The van der Waals surface area contributed by atoms with Crippen molar-refractivity contribution in [1.82, 2.24) is 9.97 Å². The molecule has 2 aromatic rings. The van der Waals surface area contributed by atoms with Gasteiger partial charge >= 0.3 is 0 Å². The summed E-state index contributed by atoms with van der Waals surface area (Å²) in [6.07, 6.45) is 0.640. The highest BCUT2D eigenvalue weighted by atomic mass is 35.5. The van der Waals surface area contributed by atoms with E-state index in [-0.39, 0.29) is 11.9 Å². The van der Waals surface area contributed by atoms with Crippen molar-refractivity contribution in [3.05, 3.63) is 16.2 Å². The maximum Gasteiger partial charge on any atom is 0.224 e. The van der Waals surface area contributed by atoms with E-state index in [4.69, 9.17) is 21.4 Å².